The zero-order valence-corrected chi connectivity index (χ0v) is 16.4. The highest BCUT2D eigenvalue weighted by Crippen LogP contribution is 2.24. The predicted molar refractivity (Wildman–Crippen MR) is 113 cm³/mol. The van der Waals surface area contributed by atoms with Crippen molar-refractivity contribution >= 4 is 17.5 Å². The third kappa shape index (κ3) is 5.19. The highest BCUT2D eigenvalue weighted by atomic mass is 16.5. The van der Waals surface area contributed by atoms with Crippen LogP contribution in [0.1, 0.15) is 22.8 Å². The van der Waals surface area contributed by atoms with Gasteiger partial charge in [-0.15, -0.1) is 0 Å². The molecule has 2 aromatic carbocycles. The largest absolute Gasteiger partial charge is 0.493 e. The van der Waals surface area contributed by atoms with Crippen molar-refractivity contribution < 1.29 is 14.3 Å². The summed E-state index contributed by atoms with van der Waals surface area (Å²) in [6, 6.07) is 16.6. The van der Waals surface area contributed by atoms with Crippen LogP contribution >= 0.6 is 0 Å². The molecule has 29 heavy (non-hydrogen) atoms. The van der Waals surface area contributed by atoms with Crippen LogP contribution in [-0.4, -0.2) is 29.9 Å². The molecule has 0 fully saturated rings. The van der Waals surface area contributed by atoms with Gasteiger partial charge in [-0.3, -0.25) is 14.6 Å². The SMILES string of the molecule is CCOc1ccccc1C(=O)NCC(=O)Nc1cc(-c2cccnc2)ccc1C. The Kier molecular flexibility index (Phi) is 6.58. The first-order valence-electron chi connectivity index (χ1n) is 9.39. The minimum atomic E-state index is -0.356. The number of aromatic nitrogens is 1. The quantitative estimate of drug-likeness (QED) is 0.644. The van der Waals surface area contributed by atoms with Gasteiger partial charge in [0.05, 0.1) is 18.7 Å². The average molecular weight is 389 g/mol. The Balaban J connectivity index is 1.65. The van der Waals surface area contributed by atoms with Crippen molar-refractivity contribution in [2.24, 2.45) is 0 Å². The predicted octanol–water partition coefficient (Wildman–Crippen LogP) is 3.82. The van der Waals surface area contributed by atoms with E-state index in [9.17, 15) is 9.59 Å². The fraction of sp³-hybridized carbons (Fsp3) is 0.174. The molecule has 0 atom stereocenters. The van der Waals surface area contributed by atoms with Crippen LogP contribution in [0, 0.1) is 6.92 Å². The van der Waals surface area contributed by atoms with Crippen LogP contribution in [0.2, 0.25) is 0 Å². The van der Waals surface area contributed by atoms with Crippen molar-refractivity contribution in [2.75, 3.05) is 18.5 Å². The number of anilines is 1. The monoisotopic (exact) mass is 389 g/mol. The number of carbonyl (C=O) groups is 2. The van der Waals surface area contributed by atoms with E-state index in [4.69, 9.17) is 4.74 Å². The zero-order valence-electron chi connectivity index (χ0n) is 16.4. The number of carbonyl (C=O) groups excluding carboxylic acids is 2. The standard InChI is InChI=1S/C23H23N3O3/c1-3-29-21-9-5-4-8-19(21)23(28)25-15-22(27)26-20-13-17(11-10-16(20)2)18-7-6-12-24-14-18/h4-14H,3,15H2,1-2H3,(H,25,28)(H,26,27). The number of para-hydroxylation sites is 1. The van der Waals surface area contributed by atoms with Gasteiger partial charge in [0, 0.05) is 23.6 Å². The van der Waals surface area contributed by atoms with Crippen LogP contribution in [0.5, 0.6) is 5.75 Å². The average Bonchev–Trinajstić information content (AvgIpc) is 2.75. The Bertz CT molecular complexity index is 1000. The lowest BCUT2D eigenvalue weighted by molar-refractivity contribution is -0.115. The number of hydrogen-bond acceptors (Lipinski definition) is 4. The van der Waals surface area contributed by atoms with E-state index in [1.165, 1.54) is 0 Å². The molecule has 2 amide bonds. The maximum absolute atomic E-state index is 12.4. The number of aryl methyl sites for hydroxylation is 1. The van der Waals surface area contributed by atoms with Crippen LogP contribution in [-0.2, 0) is 4.79 Å². The molecule has 1 heterocycles. The second-order valence-electron chi connectivity index (χ2n) is 6.43. The fourth-order valence-electron chi connectivity index (χ4n) is 2.86. The lowest BCUT2D eigenvalue weighted by atomic mass is 10.0. The van der Waals surface area contributed by atoms with Crippen molar-refractivity contribution in [2.45, 2.75) is 13.8 Å². The third-order valence-corrected chi connectivity index (χ3v) is 4.35. The number of pyridine rings is 1. The Labute approximate surface area is 169 Å². The summed E-state index contributed by atoms with van der Waals surface area (Å²) in [5.41, 5.74) is 3.94. The molecular formula is C23H23N3O3. The molecule has 3 aromatic rings. The van der Waals surface area contributed by atoms with E-state index < -0.39 is 0 Å². The fourth-order valence-corrected chi connectivity index (χ4v) is 2.86. The van der Waals surface area contributed by atoms with E-state index in [1.807, 2.05) is 44.2 Å². The topological polar surface area (TPSA) is 80.3 Å². The van der Waals surface area contributed by atoms with Crippen LogP contribution < -0.4 is 15.4 Å². The number of nitrogens with zero attached hydrogens (tertiary/aromatic N) is 1. The highest BCUT2D eigenvalue weighted by Gasteiger charge is 2.13. The van der Waals surface area contributed by atoms with E-state index in [0.717, 1.165) is 16.7 Å². The number of benzene rings is 2. The molecule has 6 nitrogen and oxygen atoms in total. The molecule has 0 aliphatic rings. The highest BCUT2D eigenvalue weighted by molar-refractivity contribution is 6.01. The number of hydrogen-bond donors (Lipinski definition) is 2. The summed E-state index contributed by atoms with van der Waals surface area (Å²) < 4.78 is 5.47. The first-order chi connectivity index (χ1) is 14.1. The third-order valence-electron chi connectivity index (χ3n) is 4.35. The second kappa shape index (κ2) is 9.50. The molecule has 2 N–H and O–H groups in total. The summed E-state index contributed by atoms with van der Waals surface area (Å²) in [6.45, 7) is 4.08. The first kappa shape index (κ1) is 20.1. The zero-order chi connectivity index (χ0) is 20.6. The molecule has 0 saturated heterocycles. The van der Waals surface area contributed by atoms with Gasteiger partial charge in [-0.1, -0.05) is 30.3 Å². The van der Waals surface area contributed by atoms with Gasteiger partial charge in [-0.25, -0.2) is 0 Å². The van der Waals surface area contributed by atoms with Crippen molar-refractivity contribution in [1.29, 1.82) is 0 Å². The minimum Gasteiger partial charge on any atom is -0.493 e. The van der Waals surface area contributed by atoms with E-state index in [-0.39, 0.29) is 18.4 Å². The summed E-state index contributed by atoms with van der Waals surface area (Å²) in [5.74, 6) is -0.170. The van der Waals surface area contributed by atoms with Gasteiger partial charge in [-0.2, -0.15) is 0 Å². The maximum Gasteiger partial charge on any atom is 0.255 e. The van der Waals surface area contributed by atoms with Crippen LogP contribution in [0.4, 0.5) is 5.69 Å². The van der Waals surface area contributed by atoms with Crippen molar-refractivity contribution in [3.05, 3.63) is 78.1 Å². The molecule has 0 radical (unpaired) electrons. The van der Waals surface area contributed by atoms with Gasteiger partial charge >= 0.3 is 0 Å². The summed E-state index contributed by atoms with van der Waals surface area (Å²) in [4.78, 5) is 28.9. The van der Waals surface area contributed by atoms with Crippen LogP contribution in [0.15, 0.2) is 67.0 Å². The summed E-state index contributed by atoms with van der Waals surface area (Å²) in [5, 5.41) is 5.50. The molecule has 0 spiro atoms. The van der Waals surface area contributed by atoms with Gasteiger partial charge in [-0.05, 0) is 49.2 Å². The van der Waals surface area contributed by atoms with Gasteiger partial charge in [0.25, 0.3) is 5.91 Å². The molecule has 0 unspecified atom stereocenters. The number of rotatable bonds is 7. The Morgan fingerprint density at radius 2 is 1.86 bits per heavy atom. The molecule has 6 heteroatoms. The van der Waals surface area contributed by atoms with Gasteiger partial charge in [0.1, 0.15) is 5.75 Å². The normalized spacial score (nSPS) is 10.3. The summed E-state index contributed by atoms with van der Waals surface area (Å²) in [7, 11) is 0. The molecule has 0 saturated carbocycles. The Hall–Kier alpha value is -3.67. The smallest absolute Gasteiger partial charge is 0.255 e. The van der Waals surface area contributed by atoms with Gasteiger partial charge < -0.3 is 15.4 Å². The maximum atomic E-state index is 12.4. The van der Waals surface area contributed by atoms with Gasteiger partial charge in [0.15, 0.2) is 0 Å². The minimum absolute atomic E-state index is 0.143. The number of ether oxygens (including phenoxy) is 1. The molecule has 0 aliphatic carbocycles. The van der Waals surface area contributed by atoms with Crippen LogP contribution in [0.25, 0.3) is 11.1 Å². The second-order valence-corrected chi connectivity index (χ2v) is 6.43. The van der Waals surface area contributed by atoms with Crippen molar-refractivity contribution in [3.8, 4) is 16.9 Å². The molecule has 148 valence electrons. The molecule has 3 rings (SSSR count). The molecule has 0 bridgehead atoms. The molecule has 1 aromatic heterocycles. The Morgan fingerprint density at radius 1 is 1.03 bits per heavy atom. The summed E-state index contributed by atoms with van der Waals surface area (Å²) in [6.07, 6.45) is 3.49. The lowest BCUT2D eigenvalue weighted by Gasteiger charge is -2.12. The van der Waals surface area contributed by atoms with Crippen molar-refractivity contribution in [1.82, 2.24) is 10.3 Å². The lowest BCUT2D eigenvalue weighted by Crippen LogP contribution is -2.33. The van der Waals surface area contributed by atoms with E-state index in [1.54, 1.807) is 36.7 Å². The van der Waals surface area contributed by atoms with E-state index in [2.05, 4.69) is 15.6 Å². The molecule has 0 aliphatic heterocycles. The summed E-state index contributed by atoms with van der Waals surface area (Å²) >= 11 is 0. The van der Waals surface area contributed by atoms with Crippen LogP contribution in [0.3, 0.4) is 0 Å². The van der Waals surface area contributed by atoms with E-state index >= 15 is 0 Å². The van der Waals surface area contributed by atoms with E-state index in [0.29, 0.717) is 23.6 Å². The number of nitrogens with one attached hydrogen (secondary N) is 2. The van der Waals surface area contributed by atoms with Crippen molar-refractivity contribution in [3.63, 3.8) is 0 Å². The first-order valence-corrected chi connectivity index (χ1v) is 9.39. The Morgan fingerprint density at radius 3 is 2.62 bits per heavy atom. The number of amides is 2. The van der Waals surface area contributed by atoms with Gasteiger partial charge in [0.2, 0.25) is 5.91 Å². The molecular weight excluding hydrogens is 366 g/mol.